The van der Waals surface area contributed by atoms with Gasteiger partial charge in [-0.15, -0.1) is 0 Å². The van der Waals surface area contributed by atoms with Crippen LogP contribution in [0.4, 0.5) is 8.78 Å². The van der Waals surface area contributed by atoms with Gasteiger partial charge in [-0.1, -0.05) is 11.6 Å². The number of halogens is 3. The number of aryl methyl sites for hydroxylation is 2. The first-order valence-electron chi connectivity index (χ1n) is 12.3. The van der Waals surface area contributed by atoms with Crippen molar-refractivity contribution in [3.63, 3.8) is 0 Å². The largest absolute Gasteiger partial charge is 0.489 e. The normalized spacial score (nSPS) is 24.0. The van der Waals surface area contributed by atoms with Crippen LogP contribution in [0.25, 0.3) is 5.57 Å². The Bertz CT molecular complexity index is 1190. The molecule has 2 aromatic rings. The van der Waals surface area contributed by atoms with Gasteiger partial charge in [0, 0.05) is 36.0 Å². The molecule has 0 saturated carbocycles. The third-order valence-electron chi connectivity index (χ3n) is 7.49. The summed E-state index contributed by atoms with van der Waals surface area (Å²) in [4.78, 5) is 26.3. The van der Waals surface area contributed by atoms with E-state index in [0.29, 0.717) is 40.0 Å². The second kappa shape index (κ2) is 9.94. The molecule has 1 amide bonds. The fourth-order valence-electron chi connectivity index (χ4n) is 5.75. The maximum atomic E-state index is 14.2. The van der Waals surface area contributed by atoms with E-state index in [9.17, 15) is 13.6 Å². The molecule has 36 heavy (non-hydrogen) atoms. The Morgan fingerprint density at radius 2 is 1.83 bits per heavy atom. The molecule has 0 radical (unpaired) electrons. The van der Waals surface area contributed by atoms with Crippen molar-refractivity contribution in [1.29, 1.82) is 0 Å². The van der Waals surface area contributed by atoms with Crippen molar-refractivity contribution in [3.05, 3.63) is 57.5 Å². The molecule has 3 atom stereocenters. The Morgan fingerprint density at radius 1 is 1.17 bits per heavy atom. The molecule has 0 spiro atoms. The van der Waals surface area contributed by atoms with Crippen LogP contribution in [0, 0.1) is 19.7 Å². The maximum absolute atomic E-state index is 14.2. The first-order valence-corrected chi connectivity index (χ1v) is 12.7. The van der Waals surface area contributed by atoms with Gasteiger partial charge < -0.3 is 15.4 Å². The van der Waals surface area contributed by atoms with Gasteiger partial charge in [0.2, 0.25) is 0 Å². The molecule has 2 fully saturated rings. The smallest absolute Gasteiger partial charge is 0.258 e. The molecule has 2 N–H and O–H groups in total. The van der Waals surface area contributed by atoms with Crippen LogP contribution < -0.4 is 10.5 Å². The van der Waals surface area contributed by atoms with Crippen LogP contribution in [-0.2, 0) is 0 Å². The van der Waals surface area contributed by atoms with Gasteiger partial charge >= 0.3 is 0 Å². The molecule has 2 saturated heterocycles. The van der Waals surface area contributed by atoms with Crippen LogP contribution in [0.3, 0.4) is 0 Å². The quantitative estimate of drug-likeness (QED) is 0.622. The molecule has 0 aliphatic carbocycles. The summed E-state index contributed by atoms with van der Waals surface area (Å²) >= 11 is 6.21. The number of ether oxygens (including phenoxy) is 1. The van der Waals surface area contributed by atoms with Gasteiger partial charge in [-0.05, 0) is 51.7 Å². The maximum Gasteiger partial charge on any atom is 0.258 e. The van der Waals surface area contributed by atoms with Crippen LogP contribution >= 0.6 is 11.6 Å². The van der Waals surface area contributed by atoms with E-state index in [1.807, 2.05) is 0 Å². The highest BCUT2D eigenvalue weighted by molar-refractivity contribution is 6.31. The Hall–Kier alpha value is -2.78. The summed E-state index contributed by atoms with van der Waals surface area (Å²) in [5, 5.41) is 0.501. The van der Waals surface area contributed by atoms with Crippen LogP contribution in [0.1, 0.15) is 53.3 Å². The second-order valence-corrected chi connectivity index (χ2v) is 10.2. The van der Waals surface area contributed by atoms with Gasteiger partial charge in [-0.2, -0.15) is 0 Å². The number of alkyl halides is 1. The second-order valence-electron chi connectivity index (χ2n) is 9.86. The molecule has 2 bridgehead atoms. The van der Waals surface area contributed by atoms with Crippen molar-refractivity contribution >= 4 is 23.1 Å². The lowest BCUT2D eigenvalue weighted by Crippen LogP contribution is -2.47. The van der Waals surface area contributed by atoms with Crippen molar-refractivity contribution in [2.75, 3.05) is 26.3 Å². The van der Waals surface area contributed by atoms with Gasteiger partial charge in [0.15, 0.2) is 5.82 Å². The number of carbonyl (C=O) groups is 1. The van der Waals surface area contributed by atoms with E-state index in [1.54, 1.807) is 18.7 Å². The van der Waals surface area contributed by atoms with E-state index in [0.717, 1.165) is 25.7 Å². The van der Waals surface area contributed by atoms with Crippen molar-refractivity contribution in [2.45, 2.75) is 57.7 Å². The van der Waals surface area contributed by atoms with Gasteiger partial charge in [-0.3, -0.25) is 9.69 Å². The van der Waals surface area contributed by atoms with E-state index in [4.69, 9.17) is 22.1 Å². The molecule has 2 unspecified atom stereocenters. The van der Waals surface area contributed by atoms with Gasteiger partial charge in [-0.25, -0.2) is 18.7 Å². The summed E-state index contributed by atoms with van der Waals surface area (Å²) in [5.74, 6) is -0.0964. The summed E-state index contributed by atoms with van der Waals surface area (Å²) in [6, 6.07) is 4.51. The van der Waals surface area contributed by atoms with E-state index in [2.05, 4.69) is 14.9 Å². The zero-order valence-corrected chi connectivity index (χ0v) is 21.2. The average Bonchev–Trinajstić information content (AvgIpc) is 3.33. The SMILES string of the molecule is Cc1nc(C2=C(N)CN(C(=O)c3ccc(F)cc3OC3CC4CC[C@@H](C3)N4CCF)C2)nc(C)c1Cl. The molecule has 7 nitrogen and oxygen atoms in total. The zero-order chi connectivity index (χ0) is 25.6. The number of piperidine rings is 1. The molecule has 192 valence electrons. The monoisotopic (exact) mass is 517 g/mol. The number of hydrogen-bond acceptors (Lipinski definition) is 6. The number of carbonyl (C=O) groups excluding carboxylic acids is 1. The first-order chi connectivity index (χ1) is 17.2. The highest BCUT2D eigenvalue weighted by Crippen LogP contribution is 2.38. The third-order valence-corrected chi connectivity index (χ3v) is 8.04. The highest BCUT2D eigenvalue weighted by Gasteiger charge is 2.41. The molecule has 3 aliphatic heterocycles. The molecule has 5 rings (SSSR count). The molecule has 10 heteroatoms. The molecule has 3 aliphatic rings. The minimum absolute atomic E-state index is 0.155. The lowest BCUT2D eigenvalue weighted by molar-refractivity contribution is 0.0447. The summed E-state index contributed by atoms with van der Waals surface area (Å²) in [6.07, 6.45) is 3.32. The lowest BCUT2D eigenvalue weighted by atomic mass is 9.99. The van der Waals surface area contributed by atoms with Crippen LogP contribution in [0.2, 0.25) is 5.02 Å². The lowest BCUT2D eigenvalue weighted by Gasteiger charge is -2.38. The summed E-state index contributed by atoms with van der Waals surface area (Å²) in [5.41, 5.74) is 9.04. The summed E-state index contributed by atoms with van der Waals surface area (Å²) < 4.78 is 33.4. The van der Waals surface area contributed by atoms with Gasteiger partial charge in [0.1, 0.15) is 24.3 Å². The van der Waals surface area contributed by atoms with E-state index in [1.165, 1.54) is 18.2 Å². The number of benzene rings is 1. The zero-order valence-electron chi connectivity index (χ0n) is 20.4. The Labute approximate surface area is 214 Å². The predicted molar refractivity (Wildman–Crippen MR) is 133 cm³/mol. The number of nitrogens with two attached hydrogens (primary N) is 1. The Morgan fingerprint density at radius 3 is 2.47 bits per heavy atom. The molecule has 1 aromatic carbocycles. The van der Waals surface area contributed by atoms with Crippen molar-refractivity contribution in [3.8, 4) is 5.75 Å². The molecule has 4 heterocycles. The standard InChI is InChI=1S/C26H30ClF2N5O2/c1-14-24(27)15(2)32-25(31-14)21-12-33(13-22(21)30)26(35)20-6-3-16(29)9-23(20)36-19-10-17-4-5-18(11-19)34(17)8-7-28/h3,6,9,17-19H,4-5,7-8,10-13,30H2,1-2H3/t17-,18?,19?/m0/s1. The molecular weight excluding hydrogens is 488 g/mol. The minimum atomic E-state index is -0.473. The van der Waals surface area contributed by atoms with Crippen molar-refractivity contribution < 1.29 is 18.3 Å². The van der Waals surface area contributed by atoms with Crippen LogP contribution in [0.15, 0.2) is 23.9 Å². The first kappa shape index (κ1) is 24.9. The number of aromatic nitrogens is 2. The van der Waals surface area contributed by atoms with Crippen molar-refractivity contribution in [1.82, 2.24) is 19.8 Å². The number of rotatable bonds is 6. The Kier molecular flexibility index (Phi) is 6.87. The molecular formula is C26H30ClF2N5O2. The number of hydrogen-bond donors (Lipinski definition) is 1. The van der Waals surface area contributed by atoms with Gasteiger partial charge in [0.05, 0.1) is 35.1 Å². The highest BCUT2D eigenvalue weighted by atomic mass is 35.5. The predicted octanol–water partition coefficient (Wildman–Crippen LogP) is 4.06. The Balaban J connectivity index is 1.33. The summed E-state index contributed by atoms with van der Waals surface area (Å²) in [7, 11) is 0. The van der Waals surface area contributed by atoms with Crippen molar-refractivity contribution in [2.24, 2.45) is 5.73 Å². The topological polar surface area (TPSA) is 84.6 Å². The number of nitrogens with zero attached hydrogens (tertiary/aromatic N) is 4. The molecule has 1 aromatic heterocycles. The fraction of sp³-hybridized carbons (Fsp3) is 0.500. The van der Waals surface area contributed by atoms with Crippen LogP contribution in [-0.4, -0.2) is 70.2 Å². The number of fused-ring (bicyclic) bond motifs is 2. The fourth-order valence-corrected chi connectivity index (χ4v) is 5.83. The number of amides is 1. The van der Waals surface area contributed by atoms with E-state index < -0.39 is 5.82 Å². The average molecular weight is 518 g/mol. The van der Waals surface area contributed by atoms with Crippen LogP contribution in [0.5, 0.6) is 5.75 Å². The van der Waals surface area contributed by atoms with E-state index >= 15 is 0 Å². The van der Waals surface area contributed by atoms with E-state index in [-0.39, 0.29) is 55.2 Å². The van der Waals surface area contributed by atoms with Gasteiger partial charge in [0.25, 0.3) is 5.91 Å². The third kappa shape index (κ3) is 4.66. The minimum Gasteiger partial charge on any atom is -0.489 e. The summed E-state index contributed by atoms with van der Waals surface area (Å²) in [6.45, 7) is 4.11.